The average molecular weight is 235 g/mol. The van der Waals surface area contributed by atoms with E-state index in [9.17, 15) is 4.79 Å². The lowest BCUT2D eigenvalue weighted by Crippen LogP contribution is -2.16. The number of carbonyl (C=O) groups is 1. The Morgan fingerprint density at radius 3 is 2.56 bits per heavy atom. The van der Waals surface area contributed by atoms with Crippen molar-refractivity contribution in [2.75, 3.05) is 6.61 Å². The van der Waals surface area contributed by atoms with Gasteiger partial charge in [0.2, 0.25) is 0 Å². The predicted molar refractivity (Wildman–Crippen MR) is 69.2 cm³/mol. The van der Waals surface area contributed by atoms with Gasteiger partial charge in [0.15, 0.2) is 0 Å². The Morgan fingerprint density at radius 2 is 2.00 bits per heavy atom. The second-order valence-electron chi connectivity index (χ2n) is 4.56. The minimum Gasteiger partial charge on any atom is -0.458 e. The summed E-state index contributed by atoms with van der Waals surface area (Å²) in [6.07, 6.45) is 1.69. The number of ether oxygens (including phenoxy) is 1. The maximum Gasteiger partial charge on any atom is 0.338 e. The van der Waals surface area contributed by atoms with Gasteiger partial charge >= 0.3 is 5.97 Å². The van der Waals surface area contributed by atoms with E-state index in [0.717, 1.165) is 0 Å². The van der Waals surface area contributed by atoms with E-state index in [-0.39, 0.29) is 12.6 Å². The molecule has 0 atom stereocenters. The van der Waals surface area contributed by atoms with Gasteiger partial charge in [-0.05, 0) is 12.1 Å². The first-order valence-electron chi connectivity index (χ1n) is 5.80. The molecule has 0 aromatic heterocycles. The quantitative estimate of drug-likeness (QED) is 0.591. The molecule has 0 fully saturated rings. The van der Waals surface area contributed by atoms with Crippen LogP contribution in [-0.4, -0.2) is 20.7 Å². The molecule has 0 aliphatic rings. The van der Waals surface area contributed by atoms with Crippen LogP contribution in [0, 0.1) is 0 Å². The second-order valence-corrected chi connectivity index (χ2v) is 9.35. The smallest absolute Gasteiger partial charge is 0.338 e. The Kier molecular flexibility index (Phi) is 3.94. The molecule has 0 amide bonds. The number of carbonyl (C=O) groups excluding carboxylic acids is 1. The molecular formula is C13H18O2Si. The SMILES string of the molecule is [2H]/C(=C\COC(=O)c1ccccc1)[Si](C)(C)C. The van der Waals surface area contributed by atoms with E-state index in [1.165, 1.54) is 0 Å². The summed E-state index contributed by atoms with van der Waals surface area (Å²) >= 11 is 0. The van der Waals surface area contributed by atoms with Crippen molar-refractivity contribution in [1.29, 1.82) is 0 Å². The number of rotatable bonds is 4. The number of esters is 1. The molecule has 0 aliphatic heterocycles. The Labute approximate surface area is 99.4 Å². The summed E-state index contributed by atoms with van der Waals surface area (Å²) in [4.78, 5) is 11.6. The van der Waals surface area contributed by atoms with Crippen LogP contribution in [0.1, 0.15) is 11.7 Å². The molecule has 0 unspecified atom stereocenters. The first-order chi connectivity index (χ1) is 7.91. The van der Waals surface area contributed by atoms with Crippen LogP contribution in [0.4, 0.5) is 0 Å². The number of benzene rings is 1. The monoisotopic (exact) mass is 235 g/mol. The fourth-order valence-corrected chi connectivity index (χ4v) is 1.82. The van der Waals surface area contributed by atoms with Crippen LogP contribution in [0.3, 0.4) is 0 Å². The Hall–Kier alpha value is -1.35. The third-order valence-corrected chi connectivity index (χ3v) is 2.91. The van der Waals surface area contributed by atoms with Crippen molar-refractivity contribution in [1.82, 2.24) is 0 Å². The zero-order valence-corrected chi connectivity index (χ0v) is 11.0. The Balaban J connectivity index is 2.51. The number of hydrogen-bond acceptors (Lipinski definition) is 2. The molecule has 16 heavy (non-hydrogen) atoms. The van der Waals surface area contributed by atoms with E-state index in [4.69, 9.17) is 6.11 Å². The van der Waals surface area contributed by atoms with Crippen molar-refractivity contribution in [3.8, 4) is 0 Å². The summed E-state index contributed by atoms with van der Waals surface area (Å²) in [7, 11) is -1.58. The van der Waals surface area contributed by atoms with Crippen LogP contribution in [-0.2, 0) is 4.74 Å². The first kappa shape index (κ1) is 11.1. The zero-order chi connectivity index (χ0) is 12.9. The first-order valence-corrected chi connectivity index (χ1v) is 8.80. The molecule has 0 saturated carbocycles. The Morgan fingerprint density at radius 1 is 1.38 bits per heavy atom. The van der Waals surface area contributed by atoms with E-state index in [1.54, 1.807) is 30.3 Å². The maximum absolute atomic E-state index is 11.6. The van der Waals surface area contributed by atoms with Crippen molar-refractivity contribution >= 4 is 14.0 Å². The molecule has 86 valence electrons. The molecular weight excluding hydrogens is 216 g/mol. The minimum atomic E-state index is -1.58. The fourth-order valence-electron chi connectivity index (χ4n) is 1.12. The van der Waals surface area contributed by atoms with Gasteiger partial charge in [0, 0.05) is 0 Å². The normalized spacial score (nSPS) is 13.2. The molecule has 3 heteroatoms. The third kappa shape index (κ3) is 4.93. The molecule has 0 spiro atoms. The van der Waals surface area contributed by atoms with Crippen LogP contribution < -0.4 is 0 Å². The third-order valence-electron chi connectivity index (χ3n) is 1.84. The molecule has 1 aromatic carbocycles. The molecule has 0 aliphatic carbocycles. The fraction of sp³-hybridized carbons (Fsp3) is 0.308. The van der Waals surface area contributed by atoms with Crippen molar-refractivity contribution in [3.05, 3.63) is 47.6 Å². The Bertz CT molecular complexity index is 407. The van der Waals surface area contributed by atoms with Crippen LogP contribution in [0.15, 0.2) is 42.1 Å². The van der Waals surface area contributed by atoms with Gasteiger partial charge in [-0.2, -0.15) is 0 Å². The van der Waals surface area contributed by atoms with Gasteiger partial charge in [-0.1, -0.05) is 49.6 Å². The highest BCUT2D eigenvalue weighted by molar-refractivity contribution is 6.80. The van der Waals surface area contributed by atoms with Gasteiger partial charge in [0.1, 0.15) is 6.61 Å². The molecule has 2 nitrogen and oxygen atoms in total. The summed E-state index contributed by atoms with van der Waals surface area (Å²) in [5, 5.41) is 0. The molecule has 0 radical (unpaired) electrons. The van der Waals surface area contributed by atoms with Crippen molar-refractivity contribution < 1.29 is 10.9 Å². The van der Waals surface area contributed by atoms with E-state index >= 15 is 0 Å². The maximum atomic E-state index is 11.6. The van der Waals surface area contributed by atoms with Crippen LogP contribution in [0.5, 0.6) is 0 Å². The van der Waals surface area contributed by atoms with E-state index < -0.39 is 8.07 Å². The van der Waals surface area contributed by atoms with E-state index in [0.29, 0.717) is 11.2 Å². The van der Waals surface area contributed by atoms with Gasteiger partial charge < -0.3 is 4.74 Å². The topological polar surface area (TPSA) is 26.3 Å². The minimum absolute atomic E-state index is 0.177. The van der Waals surface area contributed by atoms with Gasteiger partial charge in [0.25, 0.3) is 0 Å². The highest BCUT2D eigenvalue weighted by Gasteiger charge is 2.07. The molecule has 1 aromatic rings. The second kappa shape index (κ2) is 5.65. The highest BCUT2D eigenvalue weighted by atomic mass is 28.3. The lowest BCUT2D eigenvalue weighted by Gasteiger charge is -2.08. The molecule has 1 rings (SSSR count). The average Bonchev–Trinajstić information content (AvgIpc) is 2.28. The van der Waals surface area contributed by atoms with Gasteiger partial charge in [0.05, 0.1) is 15.0 Å². The van der Waals surface area contributed by atoms with Gasteiger partial charge in [-0.3, -0.25) is 0 Å². The number of hydrogen-bond donors (Lipinski definition) is 0. The van der Waals surface area contributed by atoms with E-state index in [1.807, 2.05) is 6.07 Å². The van der Waals surface area contributed by atoms with Crippen LogP contribution in [0.25, 0.3) is 0 Å². The molecule has 0 heterocycles. The summed E-state index contributed by atoms with van der Waals surface area (Å²) in [6.45, 7) is 6.44. The van der Waals surface area contributed by atoms with Gasteiger partial charge in [-0.25, -0.2) is 4.79 Å². The van der Waals surface area contributed by atoms with Crippen molar-refractivity contribution in [3.63, 3.8) is 0 Å². The van der Waals surface area contributed by atoms with Gasteiger partial charge in [-0.15, -0.1) is 0 Å². The predicted octanol–water partition coefficient (Wildman–Crippen LogP) is 3.28. The molecule has 0 saturated heterocycles. The largest absolute Gasteiger partial charge is 0.458 e. The highest BCUT2D eigenvalue weighted by Crippen LogP contribution is 2.03. The summed E-state index contributed by atoms with van der Waals surface area (Å²) in [6, 6.07) is 8.87. The molecule has 0 bridgehead atoms. The van der Waals surface area contributed by atoms with Crippen molar-refractivity contribution in [2.24, 2.45) is 0 Å². The lowest BCUT2D eigenvalue weighted by atomic mass is 10.2. The summed E-state index contributed by atoms with van der Waals surface area (Å²) in [5.41, 5.74) is 1.15. The van der Waals surface area contributed by atoms with Crippen LogP contribution in [0.2, 0.25) is 19.6 Å². The van der Waals surface area contributed by atoms with Crippen molar-refractivity contribution in [2.45, 2.75) is 19.6 Å². The van der Waals surface area contributed by atoms with Crippen LogP contribution >= 0.6 is 0 Å². The standard InChI is InChI=1S/C13H18O2Si/c1-16(2,3)11-7-10-15-13(14)12-8-5-4-6-9-12/h4-9,11H,10H2,1-3H3/b11-7+/i11D. The summed E-state index contributed by atoms with van der Waals surface area (Å²) in [5.74, 6) is -0.342. The molecule has 0 N–H and O–H groups in total. The zero-order valence-electron chi connectivity index (χ0n) is 11.0. The lowest BCUT2D eigenvalue weighted by molar-refractivity contribution is 0.0549. The van der Waals surface area contributed by atoms with E-state index in [2.05, 4.69) is 19.6 Å². The summed E-state index contributed by atoms with van der Waals surface area (Å²) < 4.78 is 12.9.